The first kappa shape index (κ1) is 15.2. The molecule has 2 N–H and O–H groups in total. The summed E-state index contributed by atoms with van der Waals surface area (Å²) in [5, 5.41) is 4.28. The molecule has 1 aliphatic heterocycles. The molecule has 0 spiro atoms. The fourth-order valence-corrected chi connectivity index (χ4v) is 2.87. The Bertz CT molecular complexity index is 717. The quantitative estimate of drug-likeness (QED) is 0.911. The molecule has 0 bridgehead atoms. The van der Waals surface area contributed by atoms with Crippen molar-refractivity contribution in [2.45, 2.75) is 19.8 Å². The number of pyridine rings is 1. The fraction of sp³-hybridized carbons (Fsp3) is 0.375. The van der Waals surface area contributed by atoms with Crippen LogP contribution < -0.4 is 5.73 Å². The number of nitrogens with two attached hydrogens (primary N) is 1. The lowest BCUT2D eigenvalue weighted by atomic mass is 9.96. The van der Waals surface area contributed by atoms with Crippen molar-refractivity contribution in [3.63, 3.8) is 0 Å². The van der Waals surface area contributed by atoms with Crippen molar-refractivity contribution in [3.05, 3.63) is 41.9 Å². The van der Waals surface area contributed by atoms with Crippen LogP contribution in [0.1, 0.15) is 28.9 Å². The Morgan fingerprint density at radius 2 is 2.00 bits per heavy atom. The van der Waals surface area contributed by atoms with Crippen LogP contribution >= 0.6 is 0 Å². The van der Waals surface area contributed by atoms with Gasteiger partial charge in [0, 0.05) is 25.2 Å². The van der Waals surface area contributed by atoms with E-state index < -0.39 is 0 Å². The third-order valence-electron chi connectivity index (χ3n) is 4.29. The normalized spacial score (nSPS) is 15.6. The van der Waals surface area contributed by atoms with Crippen molar-refractivity contribution < 1.29 is 9.59 Å². The van der Waals surface area contributed by atoms with E-state index in [9.17, 15) is 9.59 Å². The van der Waals surface area contributed by atoms with Crippen LogP contribution in [0.15, 0.2) is 30.6 Å². The summed E-state index contributed by atoms with van der Waals surface area (Å²) in [5.41, 5.74) is 6.65. The summed E-state index contributed by atoms with van der Waals surface area (Å²) in [6, 6.07) is 5.55. The van der Waals surface area contributed by atoms with E-state index in [1.807, 2.05) is 25.1 Å². The van der Waals surface area contributed by atoms with E-state index in [2.05, 4.69) is 10.1 Å². The maximum Gasteiger partial charge on any atom is 0.257 e. The van der Waals surface area contributed by atoms with Gasteiger partial charge in [0.25, 0.3) is 5.91 Å². The number of carbonyl (C=O) groups is 2. The van der Waals surface area contributed by atoms with Gasteiger partial charge in [0.1, 0.15) is 0 Å². The lowest BCUT2D eigenvalue weighted by Crippen LogP contribution is -2.41. The molecular formula is C16H19N5O2. The zero-order valence-corrected chi connectivity index (χ0v) is 13.0. The average Bonchev–Trinajstić information content (AvgIpc) is 2.96. The average molecular weight is 313 g/mol. The third-order valence-corrected chi connectivity index (χ3v) is 4.29. The summed E-state index contributed by atoms with van der Waals surface area (Å²) in [5.74, 6) is 0.205. The summed E-state index contributed by atoms with van der Waals surface area (Å²) >= 11 is 0. The molecule has 0 aliphatic carbocycles. The van der Waals surface area contributed by atoms with Crippen molar-refractivity contribution in [3.8, 4) is 5.82 Å². The Kier molecular flexibility index (Phi) is 4.10. The van der Waals surface area contributed by atoms with Crippen LogP contribution in [0.2, 0.25) is 0 Å². The first-order valence-electron chi connectivity index (χ1n) is 7.62. The molecular weight excluding hydrogens is 294 g/mol. The van der Waals surface area contributed by atoms with Crippen LogP contribution in [0.5, 0.6) is 0 Å². The second-order valence-electron chi connectivity index (χ2n) is 5.71. The number of aromatic nitrogens is 3. The molecule has 23 heavy (non-hydrogen) atoms. The second kappa shape index (κ2) is 6.20. The Labute approximate surface area is 134 Å². The second-order valence-corrected chi connectivity index (χ2v) is 5.71. The zero-order chi connectivity index (χ0) is 16.4. The summed E-state index contributed by atoms with van der Waals surface area (Å²) < 4.78 is 1.66. The van der Waals surface area contributed by atoms with Crippen LogP contribution in [0, 0.1) is 12.8 Å². The molecule has 2 amide bonds. The molecule has 2 aromatic heterocycles. The molecule has 0 unspecified atom stereocenters. The number of carbonyl (C=O) groups excluding carboxylic acids is 2. The molecule has 0 saturated carbocycles. The minimum Gasteiger partial charge on any atom is -0.369 e. The zero-order valence-electron chi connectivity index (χ0n) is 13.0. The van der Waals surface area contributed by atoms with Gasteiger partial charge in [-0.3, -0.25) is 9.59 Å². The van der Waals surface area contributed by atoms with Crippen molar-refractivity contribution in [1.82, 2.24) is 19.7 Å². The smallest absolute Gasteiger partial charge is 0.257 e. The lowest BCUT2D eigenvalue weighted by Gasteiger charge is -2.30. The maximum absolute atomic E-state index is 12.7. The van der Waals surface area contributed by atoms with Gasteiger partial charge in [0.05, 0.1) is 17.5 Å². The van der Waals surface area contributed by atoms with Crippen LogP contribution in [0.25, 0.3) is 5.82 Å². The molecule has 120 valence electrons. The summed E-state index contributed by atoms with van der Waals surface area (Å²) in [6.45, 7) is 2.94. The third kappa shape index (κ3) is 2.94. The van der Waals surface area contributed by atoms with Crippen molar-refractivity contribution in [2.75, 3.05) is 13.1 Å². The molecule has 7 nitrogen and oxygen atoms in total. The van der Waals surface area contributed by atoms with E-state index in [-0.39, 0.29) is 17.7 Å². The summed E-state index contributed by atoms with van der Waals surface area (Å²) in [6.07, 6.45) is 4.50. The maximum atomic E-state index is 12.7. The minimum absolute atomic E-state index is 0.0624. The van der Waals surface area contributed by atoms with Gasteiger partial charge in [-0.2, -0.15) is 5.10 Å². The van der Waals surface area contributed by atoms with Crippen molar-refractivity contribution in [1.29, 1.82) is 0 Å². The van der Waals surface area contributed by atoms with Gasteiger partial charge in [-0.1, -0.05) is 6.07 Å². The Balaban J connectivity index is 1.77. The van der Waals surface area contributed by atoms with E-state index in [1.165, 1.54) is 0 Å². The standard InChI is InChI=1S/C16H19N5O2/c1-11-13(10-19-21(11)14-4-2-3-7-18-14)16(23)20-8-5-12(6-9-20)15(17)22/h2-4,7,10,12H,5-6,8-9H2,1H3,(H2,17,22). The van der Waals surface area contributed by atoms with Crippen LogP contribution in [0.3, 0.4) is 0 Å². The number of amides is 2. The minimum atomic E-state index is -0.281. The van der Waals surface area contributed by atoms with Crippen LogP contribution in [-0.2, 0) is 4.79 Å². The van der Waals surface area contributed by atoms with E-state index in [1.54, 1.807) is 22.0 Å². The van der Waals surface area contributed by atoms with Gasteiger partial charge in [-0.25, -0.2) is 9.67 Å². The number of primary amides is 1. The number of rotatable bonds is 3. The Morgan fingerprint density at radius 3 is 2.61 bits per heavy atom. The molecule has 0 atom stereocenters. The van der Waals surface area contributed by atoms with Gasteiger partial charge in [0.15, 0.2) is 5.82 Å². The first-order valence-corrected chi connectivity index (χ1v) is 7.62. The Hall–Kier alpha value is -2.70. The van der Waals surface area contributed by atoms with Crippen LogP contribution in [0.4, 0.5) is 0 Å². The molecule has 7 heteroatoms. The molecule has 1 aliphatic rings. The van der Waals surface area contributed by atoms with Crippen molar-refractivity contribution in [2.24, 2.45) is 11.7 Å². The van der Waals surface area contributed by atoms with Gasteiger partial charge in [-0.05, 0) is 31.9 Å². The summed E-state index contributed by atoms with van der Waals surface area (Å²) in [4.78, 5) is 29.9. The lowest BCUT2D eigenvalue weighted by molar-refractivity contribution is -0.123. The number of likely N-dealkylation sites (tertiary alicyclic amines) is 1. The Morgan fingerprint density at radius 1 is 1.26 bits per heavy atom. The van der Waals surface area contributed by atoms with E-state index in [0.717, 1.165) is 5.69 Å². The highest BCUT2D eigenvalue weighted by atomic mass is 16.2. The molecule has 0 radical (unpaired) electrons. The van der Waals surface area contributed by atoms with Crippen LogP contribution in [-0.4, -0.2) is 44.6 Å². The predicted molar refractivity (Wildman–Crippen MR) is 83.9 cm³/mol. The SMILES string of the molecule is Cc1c(C(=O)N2CCC(C(N)=O)CC2)cnn1-c1ccccn1. The highest BCUT2D eigenvalue weighted by Gasteiger charge is 2.28. The highest BCUT2D eigenvalue weighted by molar-refractivity contribution is 5.95. The largest absolute Gasteiger partial charge is 0.369 e. The number of piperidine rings is 1. The molecule has 3 rings (SSSR count). The number of nitrogens with zero attached hydrogens (tertiary/aromatic N) is 4. The van der Waals surface area contributed by atoms with E-state index in [0.29, 0.717) is 37.3 Å². The van der Waals surface area contributed by atoms with Gasteiger partial charge in [0.2, 0.25) is 5.91 Å². The molecule has 0 aromatic carbocycles. The van der Waals surface area contributed by atoms with Crippen molar-refractivity contribution >= 4 is 11.8 Å². The number of hydrogen-bond donors (Lipinski definition) is 1. The monoisotopic (exact) mass is 313 g/mol. The number of hydrogen-bond acceptors (Lipinski definition) is 4. The van der Waals surface area contributed by atoms with Gasteiger partial charge >= 0.3 is 0 Å². The first-order chi connectivity index (χ1) is 11.1. The fourth-order valence-electron chi connectivity index (χ4n) is 2.87. The van der Waals surface area contributed by atoms with E-state index in [4.69, 9.17) is 5.73 Å². The molecule has 1 saturated heterocycles. The van der Waals surface area contributed by atoms with Gasteiger partial charge in [-0.15, -0.1) is 0 Å². The topological polar surface area (TPSA) is 94.1 Å². The highest BCUT2D eigenvalue weighted by Crippen LogP contribution is 2.20. The molecule has 1 fully saturated rings. The summed E-state index contributed by atoms with van der Waals surface area (Å²) in [7, 11) is 0. The molecule has 3 heterocycles. The van der Waals surface area contributed by atoms with E-state index >= 15 is 0 Å². The van der Waals surface area contributed by atoms with Gasteiger partial charge < -0.3 is 10.6 Å². The molecule has 2 aromatic rings. The predicted octanol–water partition coefficient (Wildman–Crippen LogP) is 0.913.